The number of hydrogen-bond acceptors (Lipinski definition) is 2. The third-order valence-corrected chi connectivity index (χ3v) is 3.36. The second kappa shape index (κ2) is 6.09. The zero-order valence-electron chi connectivity index (χ0n) is 12.0. The molecule has 0 aliphatic carbocycles. The number of hydrogen-bond donors (Lipinski definition) is 1. The van der Waals surface area contributed by atoms with Gasteiger partial charge in [-0.2, -0.15) is 0 Å². The van der Waals surface area contributed by atoms with Crippen LogP contribution in [0.15, 0.2) is 36.7 Å². The van der Waals surface area contributed by atoms with Gasteiger partial charge in [-0.25, -0.2) is 4.39 Å². The summed E-state index contributed by atoms with van der Waals surface area (Å²) in [7, 11) is 1.45. The van der Waals surface area contributed by atoms with Gasteiger partial charge in [-0.05, 0) is 23.6 Å². The fourth-order valence-electron chi connectivity index (χ4n) is 2.15. The van der Waals surface area contributed by atoms with Gasteiger partial charge in [0, 0.05) is 18.0 Å². The van der Waals surface area contributed by atoms with E-state index in [1.165, 1.54) is 7.11 Å². The maximum atomic E-state index is 14.1. The van der Waals surface area contributed by atoms with Crippen LogP contribution in [0.25, 0.3) is 0 Å². The Morgan fingerprint density at radius 3 is 2.70 bits per heavy atom. The highest BCUT2D eigenvalue weighted by Gasteiger charge is 2.14. The molecule has 0 saturated heterocycles. The van der Waals surface area contributed by atoms with Crippen LogP contribution in [-0.4, -0.2) is 16.8 Å². The Morgan fingerprint density at radius 2 is 2.05 bits per heavy atom. The highest BCUT2D eigenvalue weighted by molar-refractivity contribution is 5.31. The predicted molar refractivity (Wildman–Crippen MR) is 76.3 cm³/mol. The van der Waals surface area contributed by atoms with Crippen LogP contribution in [0.5, 0.6) is 5.75 Å². The normalized spacial score (nSPS) is 12.7. The lowest BCUT2D eigenvalue weighted by Crippen LogP contribution is -2.05. The van der Waals surface area contributed by atoms with E-state index in [1.54, 1.807) is 18.2 Å². The largest absolute Gasteiger partial charge is 0.494 e. The van der Waals surface area contributed by atoms with Gasteiger partial charge in [0.15, 0.2) is 11.6 Å². The van der Waals surface area contributed by atoms with Gasteiger partial charge in [0.2, 0.25) is 0 Å². The van der Waals surface area contributed by atoms with Crippen LogP contribution in [0.2, 0.25) is 0 Å². The number of aliphatic hydroxyl groups excluding tert-OH is 1. The Labute approximate surface area is 118 Å². The molecular weight excluding hydrogens is 257 g/mol. The van der Waals surface area contributed by atoms with Gasteiger partial charge in [0.25, 0.3) is 0 Å². The monoisotopic (exact) mass is 277 g/mol. The van der Waals surface area contributed by atoms with E-state index < -0.39 is 6.10 Å². The number of halogens is 1. The zero-order chi connectivity index (χ0) is 14.7. The molecule has 1 aromatic carbocycles. The lowest BCUT2D eigenvalue weighted by Gasteiger charge is -2.12. The van der Waals surface area contributed by atoms with E-state index >= 15 is 0 Å². The third-order valence-electron chi connectivity index (χ3n) is 3.36. The van der Waals surface area contributed by atoms with E-state index in [0.717, 1.165) is 5.56 Å². The number of rotatable bonds is 5. The highest BCUT2D eigenvalue weighted by atomic mass is 19.1. The van der Waals surface area contributed by atoms with E-state index in [0.29, 0.717) is 12.1 Å². The minimum absolute atomic E-state index is 0.152. The Kier molecular flexibility index (Phi) is 4.45. The van der Waals surface area contributed by atoms with Crippen molar-refractivity contribution in [1.82, 2.24) is 4.57 Å². The molecule has 0 amide bonds. The van der Waals surface area contributed by atoms with Gasteiger partial charge in [0.05, 0.1) is 19.8 Å². The summed E-state index contributed by atoms with van der Waals surface area (Å²) in [4.78, 5) is 0. The molecule has 1 aromatic heterocycles. The number of methoxy groups -OCH3 is 1. The highest BCUT2D eigenvalue weighted by Crippen LogP contribution is 2.24. The molecule has 0 fully saturated rings. The minimum Gasteiger partial charge on any atom is -0.494 e. The standard InChI is InChI=1S/C16H20FNO2/c1-11(2)16(19)13-7-8-18(10-13)9-12-5-4-6-14(20-3)15(12)17/h4-8,10-11,16,19H,9H2,1-3H3. The molecule has 20 heavy (non-hydrogen) atoms. The van der Waals surface area contributed by atoms with E-state index in [9.17, 15) is 9.50 Å². The van der Waals surface area contributed by atoms with E-state index in [1.807, 2.05) is 36.9 Å². The molecule has 2 aromatic rings. The van der Waals surface area contributed by atoms with Crippen LogP contribution in [-0.2, 0) is 6.54 Å². The molecule has 4 heteroatoms. The molecule has 0 saturated carbocycles. The first-order chi connectivity index (χ1) is 9.52. The number of nitrogens with zero attached hydrogens (tertiary/aromatic N) is 1. The predicted octanol–water partition coefficient (Wildman–Crippen LogP) is 3.37. The van der Waals surface area contributed by atoms with E-state index in [-0.39, 0.29) is 17.5 Å². The summed E-state index contributed by atoms with van der Waals surface area (Å²) in [6.45, 7) is 4.33. The fourth-order valence-corrected chi connectivity index (χ4v) is 2.15. The molecule has 2 rings (SSSR count). The summed E-state index contributed by atoms with van der Waals surface area (Å²) < 4.78 is 20.9. The Morgan fingerprint density at radius 1 is 1.30 bits per heavy atom. The smallest absolute Gasteiger partial charge is 0.170 e. The summed E-state index contributed by atoms with van der Waals surface area (Å²) in [5, 5.41) is 10.0. The van der Waals surface area contributed by atoms with Crippen molar-refractivity contribution in [2.45, 2.75) is 26.5 Å². The first-order valence-electron chi connectivity index (χ1n) is 6.68. The molecule has 0 aliphatic heterocycles. The minimum atomic E-state index is -0.494. The molecule has 0 aliphatic rings. The number of ether oxygens (including phenoxy) is 1. The maximum Gasteiger partial charge on any atom is 0.170 e. The molecule has 0 bridgehead atoms. The van der Waals surface area contributed by atoms with Crippen molar-refractivity contribution < 1.29 is 14.2 Å². The first kappa shape index (κ1) is 14.6. The topological polar surface area (TPSA) is 34.4 Å². The molecule has 1 unspecified atom stereocenters. The summed E-state index contributed by atoms with van der Waals surface area (Å²) in [5.41, 5.74) is 1.41. The molecule has 1 heterocycles. The number of benzene rings is 1. The molecule has 3 nitrogen and oxygen atoms in total. The second-order valence-electron chi connectivity index (χ2n) is 5.24. The van der Waals surface area contributed by atoms with Crippen molar-refractivity contribution in [3.05, 3.63) is 53.6 Å². The van der Waals surface area contributed by atoms with Crippen molar-refractivity contribution in [1.29, 1.82) is 0 Å². The molecule has 108 valence electrons. The van der Waals surface area contributed by atoms with Gasteiger partial charge in [-0.3, -0.25) is 0 Å². The SMILES string of the molecule is COc1cccc(Cn2ccc(C(O)C(C)C)c2)c1F. The first-order valence-corrected chi connectivity index (χ1v) is 6.68. The van der Waals surface area contributed by atoms with Gasteiger partial charge >= 0.3 is 0 Å². The Balaban J connectivity index is 2.19. The summed E-state index contributed by atoms with van der Waals surface area (Å²) >= 11 is 0. The van der Waals surface area contributed by atoms with Crippen LogP contribution in [0, 0.1) is 11.7 Å². The third kappa shape index (κ3) is 3.02. The quantitative estimate of drug-likeness (QED) is 0.909. The summed E-state index contributed by atoms with van der Waals surface area (Å²) in [5.74, 6) is 0.0613. The zero-order valence-corrected chi connectivity index (χ0v) is 12.0. The lowest BCUT2D eigenvalue weighted by atomic mass is 10.0. The Hall–Kier alpha value is -1.81. The van der Waals surface area contributed by atoms with Crippen LogP contribution >= 0.6 is 0 Å². The summed E-state index contributed by atoms with van der Waals surface area (Å²) in [6, 6.07) is 6.96. The molecule has 0 radical (unpaired) electrons. The van der Waals surface area contributed by atoms with Crippen LogP contribution in [0.4, 0.5) is 4.39 Å². The molecular formula is C16H20FNO2. The maximum absolute atomic E-state index is 14.1. The average Bonchev–Trinajstić information content (AvgIpc) is 2.88. The number of aliphatic hydroxyl groups is 1. The van der Waals surface area contributed by atoms with Gasteiger partial charge in [-0.15, -0.1) is 0 Å². The molecule has 0 spiro atoms. The van der Waals surface area contributed by atoms with Crippen LogP contribution in [0.1, 0.15) is 31.1 Å². The summed E-state index contributed by atoms with van der Waals surface area (Å²) in [6.07, 6.45) is 3.20. The van der Waals surface area contributed by atoms with Crippen molar-refractivity contribution >= 4 is 0 Å². The second-order valence-corrected chi connectivity index (χ2v) is 5.24. The fraction of sp³-hybridized carbons (Fsp3) is 0.375. The number of aromatic nitrogens is 1. The van der Waals surface area contributed by atoms with Gasteiger partial charge < -0.3 is 14.4 Å². The van der Waals surface area contributed by atoms with Crippen molar-refractivity contribution in [2.24, 2.45) is 5.92 Å². The van der Waals surface area contributed by atoms with Crippen molar-refractivity contribution in [3.8, 4) is 5.75 Å². The van der Waals surface area contributed by atoms with Gasteiger partial charge in [0.1, 0.15) is 0 Å². The average molecular weight is 277 g/mol. The lowest BCUT2D eigenvalue weighted by molar-refractivity contribution is 0.127. The molecule has 1 N–H and O–H groups in total. The van der Waals surface area contributed by atoms with Crippen LogP contribution in [0.3, 0.4) is 0 Å². The van der Waals surface area contributed by atoms with Gasteiger partial charge in [-0.1, -0.05) is 26.0 Å². The van der Waals surface area contributed by atoms with Crippen molar-refractivity contribution in [3.63, 3.8) is 0 Å². The Bertz CT molecular complexity index is 578. The van der Waals surface area contributed by atoms with Crippen LogP contribution < -0.4 is 4.74 Å². The van der Waals surface area contributed by atoms with E-state index in [4.69, 9.17) is 4.74 Å². The van der Waals surface area contributed by atoms with Crippen molar-refractivity contribution in [2.75, 3.05) is 7.11 Å². The van der Waals surface area contributed by atoms with E-state index in [2.05, 4.69) is 0 Å². The molecule has 1 atom stereocenters.